The summed E-state index contributed by atoms with van der Waals surface area (Å²) in [5.41, 5.74) is 1.95. The standard InChI is InChI=1S/C22H24Cl2N2O/c1-26(2)13-12-25-14-18-17-7-4-3-6-16(17)10-11-22(18)27-15-19-20(23)8-5-9-21(19)24/h3-11,25H,12-15H2,1-2H3. The molecule has 0 fully saturated rings. The second-order valence-electron chi connectivity index (χ2n) is 6.73. The quantitative estimate of drug-likeness (QED) is 0.512. The lowest BCUT2D eigenvalue weighted by Gasteiger charge is -2.17. The summed E-state index contributed by atoms with van der Waals surface area (Å²) >= 11 is 12.6. The monoisotopic (exact) mass is 402 g/mol. The normalized spacial score (nSPS) is 11.3. The van der Waals surface area contributed by atoms with E-state index >= 15 is 0 Å². The van der Waals surface area contributed by atoms with Crippen molar-refractivity contribution >= 4 is 34.0 Å². The van der Waals surface area contributed by atoms with Crippen molar-refractivity contribution in [3.05, 3.63) is 75.8 Å². The SMILES string of the molecule is CN(C)CCNCc1c(OCc2c(Cl)cccc2Cl)ccc2ccccc12. The van der Waals surface area contributed by atoms with Gasteiger partial charge in [0.15, 0.2) is 0 Å². The predicted octanol–water partition coefficient (Wildman–Crippen LogP) is 5.38. The lowest BCUT2D eigenvalue weighted by Crippen LogP contribution is -2.26. The molecule has 1 N–H and O–H groups in total. The van der Waals surface area contributed by atoms with Crippen molar-refractivity contribution in [3.63, 3.8) is 0 Å². The van der Waals surface area contributed by atoms with E-state index in [1.54, 1.807) is 0 Å². The van der Waals surface area contributed by atoms with Crippen molar-refractivity contribution in [1.29, 1.82) is 0 Å². The van der Waals surface area contributed by atoms with Gasteiger partial charge in [0.2, 0.25) is 0 Å². The summed E-state index contributed by atoms with van der Waals surface area (Å²) in [6.07, 6.45) is 0. The molecule has 142 valence electrons. The average molecular weight is 403 g/mol. The zero-order chi connectivity index (χ0) is 19.2. The molecule has 3 rings (SSSR count). The summed E-state index contributed by atoms with van der Waals surface area (Å²) in [7, 11) is 4.14. The van der Waals surface area contributed by atoms with E-state index in [9.17, 15) is 0 Å². The molecule has 0 aliphatic carbocycles. The number of nitrogens with one attached hydrogen (secondary N) is 1. The minimum absolute atomic E-state index is 0.335. The second-order valence-corrected chi connectivity index (χ2v) is 7.55. The average Bonchev–Trinajstić information content (AvgIpc) is 2.65. The Morgan fingerprint density at radius 2 is 1.63 bits per heavy atom. The number of benzene rings is 3. The van der Waals surface area contributed by atoms with Gasteiger partial charge in [-0.3, -0.25) is 0 Å². The Bertz CT molecular complexity index is 892. The molecule has 0 aromatic heterocycles. The molecule has 0 bridgehead atoms. The van der Waals surface area contributed by atoms with E-state index in [1.807, 2.05) is 24.3 Å². The molecular formula is C22H24Cl2N2O. The maximum absolute atomic E-state index is 6.28. The predicted molar refractivity (Wildman–Crippen MR) is 115 cm³/mol. The molecule has 0 aliphatic rings. The third-order valence-electron chi connectivity index (χ3n) is 4.47. The molecule has 3 aromatic carbocycles. The van der Waals surface area contributed by atoms with E-state index < -0.39 is 0 Å². The molecule has 0 spiro atoms. The first-order valence-corrected chi connectivity index (χ1v) is 9.73. The Morgan fingerprint density at radius 1 is 0.889 bits per heavy atom. The Labute approximate surface area is 170 Å². The first kappa shape index (κ1) is 20.0. The van der Waals surface area contributed by atoms with Crippen LogP contribution in [0, 0.1) is 0 Å². The van der Waals surface area contributed by atoms with Crippen molar-refractivity contribution in [2.24, 2.45) is 0 Å². The van der Waals surface area contributed by atoms with Crippen molar-refractivity contribution < 1.29 is 4.74 Å². The maximum Gasteiger partial charge on any atom is 0.124 e. The van der Waals surface area contributed by atoms with Crippen LogP contribution in [0.25, 0.3) is 10.8 Å². The zero-order valence-corrected chi connectivity index (χ0v) is 17.1. The number of likely N-dealkylation sites (N-methyl/N-ethyl adjacent to an activating group) is 1. The van der Waals surface area contributed by atoms with Crippen LogP contribution in [-0.2, 0) is 13.2 Å². The lowest BCUT2D eigenvalue weighted by atomic mass is 10.0. The summed E-state index contributed by atoms with van der Waals surface area (Å²) in [5.74, 6) is 0.849. The smallest absolute Gasteiger partial charge is 0.124 e. The van der Waals surface area contributed by atoms with E-state index in [0.29, 0.717) is 16.7 Å². The summed E-state index contributed by atoms with van der Waals surface area (Å²) in [6.45, 7) is 2.96. The maximum atomic E-state index is 6.28. The molecule has 5 heteroatoms. The highest BCUT2D eigenvalue weighted by atomic mass is 35.5. The third kappa shape index (κ3) is 5.14. The van der Waals surface area contributed by atoms with E-state index in [0.717, 1.165) is 36.5 Å². The number of hydrogen-bond acceptors (Lipinski definition) is 3. The summed E-state index contributed by atoms with van der Waals surface area (Å²) < 4.78 is 6.15. The minimum Gasteiger partial charge on any atom is -0.488 e. The number of halogens is 2. The fraction of sp³-hybridized carbons (Fsp3) is 0.273. The topological polar surface area (TPSA) is 24.5 Å². The fourth-order valence-electron chi connectivity index (χ4n) is 2.97. The zero-order valence-electron chi connectivity index (χ0n) is 15.6. The molecule has 0 heterocycles. The third-order valence-corrected chi connectivity index (χ3v) is 5.18. The van der Waals surface area contributed by atoms with E-state index in [2.05, 4.69) is 54.6 Å². The molecule has 3 aromatic rings. The van der Waals surface area contributed by atoms with Gasteiger partial charge in [-0.1, -0.05) is 59.6 Å². The molecule has 0 radical (unpaired) electrons. The van der Waals surface area contributed by atoms with Gasteiger partial charge in [0.1, 0.15) is 12.4 Å². The molecule has 0 aliphatic heterocycles. The molecule has 0 amide bonds. The van der Waals surface area contributed by atoms with Gasteiger partial charge in [0, 0.05) is 40.8 Å². The fourth-order valence-corrected chi connectivity index (χ4v) is 3.48. The van der Waals surface area contributed by atoms with Crippen LogP contribution in [0.15, 0.2) is 54.6 Å². The van der Waals surface area contributed by atoms with Crippen molar-refractivity contribution in [2.75, 3.05) is 27.2 Å². The van der Waals surface area contributed by atoms with Crippen LogP contribution >= 0.6 is 23.2 Å². The van der Waals surface area contributed by atoms with E-state index in [1.165, 1.54) is 10.8 Å². The largest absolute Gasteiger partial charge is 0.488 e. The number of rotatable bonds is 8. The molecule has 0 saturated carbocycles. The highest BCUT2D eigenvalue weighted by Crippen LogP contribution is 2.31. The Morgan fingerprint density at radius 3 is 2.37 bits per heavy atom. The summed E-state index contributed by atoms with van der Waals surface area (Å²) in [5, 5.41) is 7.14. The van der Waals surface area contributed by atoms with Crippen LogP contribution < -0.4 is 10.1 Å². The number of nitrogens with zero attached hydrogens (tertiary/aromatic N) is 1. The van der Waals surface area contributed by atoms with Gasteiger partial charge >= 0.3 is 0 Å². The van der Waals surface area contributed by atoms with Crippen molar-refractivity contribution in [2.45, 2.75) is 13.2 Å². The number of ether oxygens (including phenoxy) is 1. The first-order chi connectivity index (χ1) is 13.1. The van der Waals surface area contributed by atoms with Gasteiger partial charge < -0.3 is 15.0 Å². The van der Waals surface area contributed by atoms with Gasteiger partial charge in [-0.15, -0.1) is 0 Å². The summed E-state index contributed by atoms with van der Waals surface area (Å²) in [6, 6.07) is 18.0. The molecule has 27 heavy (non-hydrogen) atoms. The van der Waals surface area contributed by atoms with Gasteiger partial charge in [-0.25, -0.2) is 0 Å². The lowest BCUT2D eigenvalue weighted by molar-refractivity contribution is 0.302. The molecule has 0 unspecified atom stereocenters. The van der Waals surface area contributed by atoms with Crippen molar-refractivity contribution in [3.8, 4) is 5.75 Å². The second kappa shape index (κ2) is 9.43. The van der Waals surface area contributed by atoms with E-state index in [-0.39, 0.29) is 0 Å². The van der Waals surface area contributed by atoms with Crippen LogP contribution in [-0.4, -0.2) is 32.1 Å². The van der Waals surface area contributed by atoms with Crippen LogP contribution in [0.1, 0.15) is 11.1 Å². The number of hydrogen-bond donors (Lipinski definition) is 1. The Hall–Kier alpha value is -1.78. The Balaban J connectivity index is 1.84. The van der Waals surface area contributed by atoms with Crippen LogP contribution in [0.5, 0.6) is 5.75 Å². The highest BCUT2D eigenvalue weighted by molar-refractivity contribution is 6.35. The molecule has 3 nitrogen and oxygen atoms in total. The van der Waals surface area contributed by atoms with Crippen LogP contribution in [0.4, 0.5) is 0 Å². The molecular weight excluding hydrogens is 379 g/mol. The van der Waals surface area contributed by atoms with Crippen molar-refractivity contribution in [1.82, 2.24) is 10.2 Å². The van der Waals surface area contributed by atoms with Gasteiger partial charge in [0.25, 0.3) is 0 Å². The minimum atomic E-state index is 0.335. The first-order valence-electron chi connectivity index (χ1n) is 8.98. The number of fused-ring (bicyclic) bond motifs is 1. The van der Waals surface area contributed by atoms with E-state index in [4.69, 9.17) is 27.9 Å². The van der Waals surface area contributed by atoms with Gasteiger partial charge in [0.05, 0.1) is 0 Å². The molecule has 0 atom stereocenters. The summed E-state index contributed by atoms with van der Waals surface area (Å²) in [4.78, 5) is 2.16. The Kier molecular flexibility index (Phi) is 6.97. The van der Waals surface area contributed by atoms with Gasteiger partial charge in [-0.05, 0) is 43.1 Å². The van der Waals surface area contributed by atoms with Crippen LogP contribution in [0.2, 0.25) is 10.0 Å². The van der Waals surface area contributed by atoms with Crippen LogP contribution in [0.3, 0.4) is 0 Å². The highest BCUT2D eigenvalue weighted by Gasteiger charge is 2.11. The molecule has 0 saturated heterocycles. The van der Waals surface area contributed by atoms with Gasteiger partial charge in [-0.2, -0.15) is 0 Å².